The zero-order valence-corrected chi connectivity index (χ0v) is 10.2. The molecule has 0 aromatic heterocycles. The Labute approximate surface area is 104 Å². The molecular weight excluding hydrogens is 251 g/mol. The van der Waals surface area contributed by atoms with Crippen LogP contribution in [0, 0.1) is 5.82 Å². The molecule has 1 aromatic rings. The van der Waals surface area contributed by atoms with E-state index in [2.05, 4.69) is 0 Å². The van der Waals surface area contributed by atoms with Gasteiger partial charge in [-0.1, -0.05) is 0 Å². The maximum Gasteiger partial charge on any atom is 2.00 e. The molecule has 0 unspecified atom stereocenters. The minimum absolute atomic E-state index is 0. The van der Waals surface area contributed by atoms with E-state index in [1.54, 1.807) is 6.07 Å². The first-order chi connectivity index (χ1) is 7.00. The SMILES string of the molecule is CC(C)N1C(=O)Cc2cc(N)cc(F)c21.[Fe+2]. The molecule has 1 aromatic carbocycles. The molecular formula is C11H13FFeN2O+2. The quantitative estimate of drug-likeness (QED) is 0.620. The number of fused-ring (bicyclic) bond motifs is 1. The van der Waals surface area contributed by atoms with Crippen LogP contribution in [0.15, 0.2) is 12.1 Å². The van der Waals surface area contributed by atoms with Gasteiger partial charge in [-0.3, -0.25) is 4.79 Å². The van der Waals surface area contributed by atoms with Crippen molar-refractivity contribution in [2.75, 3.05) is 10.6 Å². The van der Waals surface area contributed by atoms with Crippen molar-refractivity contribution < 1.29 is 26.3 Å². The number of nitrogen functional groups attached to an aromatic ring is 1. The van der Waals surface area contributed by atoms with Crippen LogP contribution in [0.3, 0.4) is 0 Å². The van der Waals surface area contributed by atoms with Gasteiger partial charge in [-0.25, -0.2) is 4.39 Å². The Balaban J connectivity index is 0.00000128. The van der Waals surface area contributed by atoms with E-state index in [1.165, 1.54) is 11.0 Å². The van der Waals surface area contributed by atoms with Crippen LogP contribution in [-0.4, -0.2) is 11.9 Å². The molecule has 0 radical (unpaired) electrons. The van der Waals surface area contributed by atoms with E-state index >= 15 is 0 Å². The van der Waals surface area contributed by atoms with E-state index in [0.29, 0.717) is 16.9 Å². The first kappa shape index (κ1) is 13.0. The molecule has 0 fully saturated rings. The van der Waals surface area contributed by atoms with Crippen LogP contribution in [0.1, 0.15) is 19.4 Å². The molecule has 5 heteroatoms. The molecule has 0 bridgehead atoms. The summed E-state index contributed by atoms with van der Waals surface area (Å²) in [6.07, 6.45) is 0.246. The first-order valence-electron chi connectivity index (χ1n) is 4.90. The minimum Gasteiger partial charge on any atom is -0.399 e. The van der Waals surface area contributed by atoms with Crippen LogP contribution in [0.4, 0.5) is 15.8 Å². The average molecular weight is 264 g/mol. The Kier molecular flexibility index (Phi) is 3.61. The number of benzene rings is 1. The fourth-order valence-electron chi connectivity index (χ4n) is 2.00. The molecule has 0 saturated heterocycles. The summed E-state index contributed by atoms with van der Waals surface area (Å²) in [6.45, 7) is 3.73. The van der Waals surface area contributed by atoms with E-state index in [9.17, 15) is 9.18 Å². The number of anilines is 2. The van der Waals surface area contributed by atoms with Crippen LogP contribution in [0.2, 0.25) is 0 Å². The Morgan fingerprint density at radius 3 is 2.62 bits per heavy atom. The van der Waals surface area contributed by atoms with Gasteiger partial charge in [0.05, 0.1) is 12.1 Å². The number of hydrogen-bond donors (Lipinski definition) is 1. The molecule has 1 aliphatic heterocycles. The molecule has 1 aliphatic rings. The summed E-state index contributed by atoms with van der Waals surface area (Å²) < 4.78 is 13.7. The third-order valence-electron chi connectivity index (χ3n) is 2.53. The number of carbonyl (C=O) groups excluding carboxylic acids is 1. The standard InChI is InChI=1S/C11H13FN2O.Fe/c1-6(2)14-10(15)4-7-3-8(13)5-9(12)11(7)14;/h3,5-6H,4,13H2,1-2H3;/q;+2. The van der Waals surface area contributed by atoms with Gasteiger partial charge in [0.1, 0.15) is 5.82 Å². The van der Waals surface area contributed by atoms with Crippen molar-refractivity contribution in [3.63, 3.8) is 0 Å². The van der Waals surface area contributed by atoms with E-state index in [-0.39, 0.29) is 35.4 Å². The summed E-state index contributed by atoms with van der Waals surface area (Å²) in [4.78, 5) is 13.1. The summed E-state index contributed by atoms with van der Waals surface area (Å²) in [5.74, 6) is -0.478. The minimum atomic E-state index is -0.412. The zero-order chi connectivity index (χ0) is 11.2. The normalized spacial score (nSPS) is 14.0. The molecule has 2 N–H and O–H groups in total. The van der Waals surface area contributed by atoms with Gasteiger partial charge in [-0.05, 0) is 31.5 Å². The Bertz CT molecular complexity index is 434. The average Bonchev–Trinajstić information content (AvgIpc) is 2.40. The van der Waals surface area contributed by atoms with Crippen molar-refractivity contribution in [3.05, 3.63) is 23.5 Å². The van der Waals surface area contributed by atoms with Gasteiger partial charge in [0, 0.05) is 11.7 Å². The number of nitrogens with zero attached hydrogens (tertiary/aromatic N) is 1. The molecule has 1 amide bonds. The van der Waals surface area contributed by atoms with Crippen LogP contribution >= 0.6 is 0 Å². The van der Waals surface area contributed by atoms with Crippen LogP contribution in [0.25, 0.3) is 0 Å². The van der Waals surface area contributed by atoms with Gasteiger partial charge >= 0.3 is 17.1 Å². The number of amides is 1. The third kappa shape index (κ3) is 1.93. The van der Waals surface area contributed by atoms with Crippen molar-refractivity contribution in [1.82, 2.24) is 0 Å². The fourth-order valence-corrected chi connectivity index (χ4v) is 2.00. The number of nitrogens with two attached hydrogens (primary N) is 1. The molecule has 3 nitrogen and oxygen atoms in total. The smallest absolute Gasteiger partial charge is 0.399 e. The third-order valence-corrected chi connectivity index (χ3v) is 2.53. The van der Waals surface area contributed by atoms with Gasteiger partial charge in [0.2, 0.25) is 5.91 Å². The molecule has 2 rings (SSSR count). The number of halogens is 1. The molecule has 0 atom stereocenters. The zero-order valence-electron chi connectivity index (χ0n) is 9.10. The van der Waals surface area contributed by atoms with Crippen molar-refractivity contribution in [2.45, 2.75) is 26.3 Å². The molecule has 86 valence electrons. The first-order valence-corrected chi connectivity index (χ1v) is 4.90. The summed E-state index contributed by atoms with van der Waals surface area (Å²) in [5, 5.41) is 0. The van der Waals surface area contributed by atoms with E-state index in [1.807, 2.05) is 13.8 Å². The van der Waals surface area contributed by atoms with Crippen molar-refractivity contribution in [2.24, 2.45) is 0 Å². The monoisotopic (exact) mass is 264 g/mol. The predicted octanol–water partition coefficient (Wildman–Crippen LogP) is 1.70. The summed E-state index contributed by atoms with van der Waals surface area (Å²) in [5.41, 5.74) is 6.97. The second-order valence-corrected chi connectivity index (χ2v) is 4.04. The van der Waals surface area contributed by atoms with Crippen molar-refractivity contribution >= 4 is 17.3 Å². The van der Waals surface area contributed by atoms with Gasteiger partial charge in [0.25, 0.3) is 0 Å². The summed E-state index contributed by atoms with van der Waals surface area (Å²) >= 11 is 0. The fraction of sp³-hybridized carbons (Fsp3) is 0.364. The largest absolute Gasteiger partial charge is 2.00 e. The Hall–Kier alpha value is -1.06. The molecule has 16 heavy (non-hydrogen) atoms. The Morgan fingerprint density at radius 1 is 1.44 bits per heavy atom. The van der Waals surface area contributed by atoms with Gasteiger partial charge in [-0.15, -0.1) is 0 Å². The van der Waals surface area contributed by atoms with E-state index in [4.69, 9.17) is 5.73 Å². The molecule has 1 heterocycles. The van der Waals surface area contributed by atoms with E-state index < -0.39 is 5.82 Å². The summed E-state index contributed by atoms with van der Waals surface area (Å²) in [7, 11) is 0. The van der Waals surface area contributed by atoms with Gasteiger partial charge in [0.15, 0.2) is 0 Å². The van der Waals surface area contributed by atoms with Crippen LogP contribution < -0.4 is 10.6 Å². The van der Waals surface area contributed by atoms with Crippen molar-refractivity contribution in [3.8, 4) is 0 Å². The van der Waals surface area contributed by atoms with Crippen LogP contribution in [-0.2, 0) is 28.3 Å². The maximum absolute atomic E-state index is 13.7. The topological polar surface area (TPSA) is 46.3 Å². The molecule has 0 spiro atoms. The number of rotatable bonds is 1. The number of carbonyl (C=O) groups is 1. The maximum atomic E-state index is 13.7. The predicted molar refractivity (Wildman–Crippen MR) is 57.1 cm³/mol. The molecule has 0 saturated carbocycles. The second kappa shape index (κ2) is 4.44. The summed E-state index contributed by atoms with van der Waals surface area (Å²) in [6, 6.07) is 2.89. The molecule has 0 aliphatic carbocycles. The van der Waals surface area contributed by atoms with Crippen molar-refractivity contribution in [1.29, 1.82) is 0 Å². The van der Waals surface area contributed by atoms with Crippen LogP contribution in [0.5, 0.6) is 0 Å². The Morgan fingerprint density at radius 2 is 2.06 bits per heavy atom. The van der Waals surface area contributed by atoms with E-state index in [0.717, 1.165) is 0 Å². The van der Waals surface area contributed by atoms with Gasteiger partial charge < -0.3 is 10.6 Å². The number of hydrogen-bond acceptors (Lipinski definition) is 2. The van der Waals surface area contributed by atoms with Gasteiger partial charge in [-0.2, -0.15) is 0 Å². The second-order valence-electron chi connectivity index (χ2n) is 4.04.